The Bertz CT molecular complexity index is 382. The first-order chi connectivity index (χ1) is 8.70. The van der Waals surface area contributed by atoms with Crippen LogP contribution in [0.4, 0.5) is 0 Å². The average Bonchev–Trinajstić information content (AvgIpc) is 2.26. The summed E-state index contributed by atoms with van der Waals surface area (Å²) in [6.45, 7) is 2.03. The molecule has 1 saturated carbocycles. The number of halogens is 2. The summed E-state index contributed by atoms with van der Waals surface area (Å²) in [7, 11) is 1.68. The zero-order valence-corrected chi connectivity index (χ0v) is 13.8. The Morgan fingerprint density at radius 1 is 1.28 bits per heavy atom. The Morgan fingerprint density at radius 2 is 1.94 bits per heavy atom. The Morgan fingerprint density at radius 3 is 2.44 bits per heavy atom. The molecular formula is C14H19Br2NO. The standard InChI is InChI=1S/C14H19Br2NO/c1-18-14-12(15)7-11(8-13(14)16)9-17-6-5-10-3-2-4-10/h7-8,10,17H,2-6,9H2,1H3. The van der Waals surface area contributed by atoms with Crippen molar-refractivity contribution < 1.29 is 4.74 Å². The molecule has 0 aromatic heterocycles. The van der Waals surface area contributed by atoms with Gasteiger partial charge in [-0.05, 0) is 68.4 Å². The molecule has 0 spiro atoms. The van der Waals surface area contributed by atoms with E-state index >= 15 is 0 Å². The summed E-state index contributed by atoms with van der Waals surface area (Å²) < 4.78 is 7.29. The zero-order chi connectivity index (χ0) is 13.0. The van der Waals surface area contributed by atoms with Crippen LogP contribution in [0.2, 0.25) is 0 Å². The van der Waals surface area contributed by atoms with Crippen molar-refractivity contribution in [3.63, 3.8) is 0 Å². The fraction of sp³-hybridized carbons (Fsp3) is 0.571. The first kappa shape index (κ1) is 14.4. The Hall–Kier alpha value is -0.0600. The third-order valence-electron chi connectivity index (χ3n) is 3.55. The Labute approximate surface area is 126 Å². The second kappa shape index (κ2) is 6.92. The number of benzene rings is 1. The van der Waals surface area contributed by atoms with Crippen molar-refractivity contribution in [3.8, 4) is 5.75 Å². The van der Waals surface area contributed by atoms with Crippen LogP contribution in [0.3, 0.4) is 0 Å². The lowest BCUT2D eigenvalue weighted by atomic mass is 9.83. The molecule has 1 fully saturated rings. The van der Waals surface area contributed by atoms with E-state index in [0.717, 1.165) is 33.7 Å². The second-order valence-corrected chi connectivity index (χ2v) is 6.56. The molecule has 18 heavy (non-hydrogen) atoms. The van der Waals surface area contributed by atoms with Gasteiger partial charge in [0.1, 0.15) is 5.75 Å². The van der Waals surface area contributed by atoms with Gasteiger partial charge in [-0.2, -0.15) is 0 Å². The quantitative estimate of drug-likeness (QED) is 0.738. The molecule has 0 saturated heterocycles. The largest absolute Gasteiger partial charge is 0.494 e. The molecule has 0 heterocycles. The maximum Gasteiger partial charge on any atom is 0.147 e. The lowest BCUT2D eigenvalue weighted by Crippen LogP contribution is -2.21. The SMILES string of the molecule is COc1c(Br)cc(CNCCC2CCC2)cc1Br. The summed E-state index contributed by atoms with van der Waals surface area (Å²) in [6, 6.07) is 4.22. The average molecular weight is 377 g/mol. The molecule has 0 bridgehead atoms. The highest BCUT2D eigenvalue weighted by Crippen LogP contribution is 2.34. The van der Waals surface area contributed by atoms with E-state index in [4.69, 9.17) is 4.74 Å². The molecular weight excluding hydrogens is 358 g/mol. The van der Waals surface area contributed by atoms with Gasteiger partial charge in [-0.1, -0.05) is 19.3 Å². The maximum absolute atomic E-state index is 5.30. The van der Waals surface area contributed by atoms with Crippen molar-refractivity contribution >= 4 is 31.9 Å². The molecule has 0 unspecified atom stereocenters. The van der Waals surface area contributed by atoms with Gasteiger partial charge in [0.05, 0.1) is 16.1 Å². The maximum atomic E-state index is 5.30. The van der Waals surface area contributed by atoms with Gasteiger partial charge < -0.3 is 10.1 Å². The van der Waals surface area contributed by atoms with Crippen molar-refractivity contribution in [3.05, 3.63) is 26.6 Å². The first-order valence-electron chi connectivity index (χ1n) is 6.43. The topological polar surface area (TPSA) is 21.3 Å². The molecule has 0 aliphatic heterocycles. The van der Waals surface area contributed by atoms with Crippen LogP contribution in [0.15, 0.2) is 21.1 Å². The Kier molecular flexibility index (Phi) is 5.52. The molecule has 1 aliphatic rings. The molecule has 100 valence electrons. The van der Waals surface area contributed by atoms with Gasteiger partial charge in [-0.15, -0.1) is 0 Å². The summed E-state index contributed by atoms with van der Waals surface area (Å²) >= 11 is 7.06. The number of nitrogens with one attached hydrogen (secondary N) is 1. The molecule has 1 aromatic carbocycles. The highest BCUT2D eigenvalue weighted by atomic mass is 79.9. The number of hydrogen-bond acceptors (Lipinski definition) is 2. The molecule has 0 amide bonds. The second-order valence-electron chi connectivity index (χ2n) is 4.86. The smallest absolute Gasteiger partial charge is 0.147 e. The molecule has 1 N–H and O–H groups in total. The molecule has 2 nitrogen and oxygen atoms in total. The zero-order valence-electron chi connectivity index (χ0n) is 10.6. The van der Waals surface area contributed by atoms with Gasteiger partial charge in [0, 0.05) is 6.54 Å². The summed E-state index contributed by atoms with van der Waals surface area (Å²) in [4.78, 5) is 0. The lowest BCUT2D eigenvalue weighted by Gasteiger charge is -2.25. The summed E-state index contributed by atoms with van der Waals surface area (Å²) in [5.41, 5.74) is 1.27. The van der Waals surface area contributed by atoms with Crippen molar-refractivity contribution in [1.82, 2.24) is 5.32 Å². The van der Waals surface area contributed by atoms with Crippen molar-refractivity contribution in [2.45, 2.75) is 32.2 Å². The monoisotopic (exact) mass is 375 g/mol. The van der Waals surface area contributed by atoms with Gasteiger partial charge in [0.15, 0.2) is 0 Å². The van der Waals surface area contributed by atoms with Gasteiger partial charge in [0.2, 0.25) is 0 Å². The van der Waals surface area contributed by atoms with Crippen LogP contribution in [0.5, 0.6) is 5.75 Å². The fourth-order valence-electron chi connectivity index (χ4n) is 2.23. The number of ether oxygens (including phenoxy) is 1. The lowest BCUT2D eigenvalue weighted by molar-refractivity contribution is 0.292. The van der Waals surface area contributed by atoms with E-state index in [1.165, 1.54) is 31.2 Å². The summed E-state index contributed by atoms with van der Waals surface area (Å²) in [5, 5.41) is 3.51. The molecule has 1 aromatic rings. The van der Waals surface area contributed by atoms with Crippen LogP contribution >= 0.6 is 31.9 Å². The van der Waals surface area contributed by atoms with E-state index in [2.05, 4.69) is 49.3 Å². The number of methoxy groups -OCH3 is 1. The van der Waals surface area contributed by atoms with E-state index in [9.17, 15) is 0 Å². The fourth-order valence-corrected chi connectivity index (χ4v) is 3.83. The number of rotatable bonds is 6. The minimum absolute atomic E-state index is 0.855. The highest BCUT2D eigenvalue weighted by molar-refractivity contribution is 9.11. The van der Waals surface area contributed by atoms with Crippen LogP contribution in [0.1, 0.15) is 31.2 Å². The minimum atomic E-state index is 0.855. The van der Waals surface area contributed by atoms with Crippen molar-refractivity contribution in [2.24, 2.45) is 5.92 Å². The van der Waals surface area contributed by atoms with Crippen molar-refractivity contribution in [2.75, 3.05) is 13.7 Å². The van der Waals surface area contributed by atoms with E-state index < -0.39 is 0 Å². The van der Waals surface area contributed by atoms with Crippen molar-refractivity contribution in [1.29, 1.82) is 0 Å². The normalized spacial score (nSPS) is 15.5. The van der Waals surface area contributed by atoms with Gasteiger partial charge in [0.25, 0.3) is 0 Å². The molecule has 0 atom stereocenters. The van der Waals surface area contributed by atoms with Crippen LogP contribution in [0.25, 0.3) is 0 Å². The summed E-state index contributed by atoms with van der Waals surface area (Å²) in [6.07, 6.45) is 5.62. The first-order valence-corrected chi connectivity index (χ1v) is 8.02. The predicted molar refractivity (Wildman–Crippen MR) is 82.1 cm³/mol. The Balaban J connectivity index is 1.81. The van der Waals surface area contributed by atoms with Gasteiger partial charge in [-0.3, -0.25) is 0 Å². The number of hydrogen-bond donors (Lipinski definition) is 1. The van der Waals surface area contributed by atoms with Crippen LogP contribution in [0, 0.1) is 5.92 Å². The van der Waals surface area contributed by atoms with E-state index in [1.807, 2.05) is 0 Å². The van der Waals surface area contributed by atoms with E-state index in [-0.39, 0.29) is 0 Å². The summed E-state index contributed by atoms with van der Waals surface area (Å²) in [5.74, 6) is 1.83. The minimum Gasteiger partial charge on any atom is -0.494 e. The van der Waals surface area contributed by atoms with E-state index in [1.54, 1.807) is 7.11 Å². The van der Waals surface area contributed by atoms with Gasteiger partial charge >= 0.3 is 0 Å². The predicted octanol–water partition coefficient (Wildman–Crippen LogP) is 4.50. The van der Waals surface area contributed by atoms with Crippen LogP contribution < -0.4 is 10.1 Å². The van der Waals surface area contributed by atoms with Crippen LogP contribution in [-0.2, 0) is 6.54 Å². The van der Waals surface area contributed by atoms with E-state index in [0.29, 0.717) is 0 Å². The molecule has 0 radical (unpaired) electrons. The molecule has 2 rings (SSSR count). The van der Waals surface area contributed by atoms with Crippen LogP contribution in [-0.4, -0.2) is 13.7 Å². The highest BCUT2D eigenvalue weighted by Gasteiger charge is 2.16. The third kappa shape index (κ3) is 3.72. The third-order valence-corrected chi connectivity index (χ3v) is 4.72. The van der Waals surface area contributed by atoms with Gasteiger partial charge in [-0.25, -0.2) is 0 Å². The molecule has 1 aliphatic carbocycles. The molecule has 4 heteroatoms.